The van der Waals surface area contributed by atoms with Gasteiger partial charge in [0.2, 0.25) is 0 Å². The molecule has 3 rings (SSSR count). The summed E-state index contributed by atoms with van der Waals surface area (Å²) in [5.41, 5.74) is 2.17. The Bertz CT molecular complexity index is 632. The molecule has 1 aliphatic rings. The van der Waals surface area contributed by atoms with Gasteiger partial charge in [0.05, 0.1) is 0 Å². The average Bonchev–Trinajstić information content (AvgIpc) is 2.56. The Hall–Kier alpha value is -2.14. The molecule has 1 aliphatic heterocycles. The van der Waals surface area contributed by atoms with Gasteiger partial charge in [-0.1, -0.05) is 18.2 Å². The number of hydrogen-bond donors (Lipinski definition) is 1. The first-order chi connectivity index (χ1) is 11.2. The van der Waals surface area contributed by atoms with Gasteiger partial charge in [0.15, 0.2) is 5.82 Å². The maximum atomic E-state index is 5.17. The highest BCUT2D eigenvalue weighted by Gasteiger charge is 2.21. The van der Waals surface area contributed by atoms with E-state index < -0.39 is 0 Å². The number of para-hydroxylation sites is 1. The van der Waals surface area contributed by atoms with Crippen molar-refractivity contribution in [2.45, 2.75) is 32.4 Å². The van der Waals surface area contributed by atoms with Crippen LogP contribution in [0.4, 0.5) is 11.5 Å². The molecule has 0 radical (unpaired) electrons. The Kier molecular flexibility index (Phi) is 5.08. The molecule has 0 saturated carbocycles. The summed E-state index contributed by atoms with van der Waals surface area (Å²) in [4.78, 5) is 11.4. The zero-order valence-electron chi connectivity index (χ0n) is 13.8. The molecule has 0 bridgehead atoms. The predicted molar refractivity (Wildman–Crippen MR) is 92.8 cm³/mol. The smallest absolute Gasteiger partial charge is 0.156 e. The van der Waals surface area contributed by atoms with Crippen LogP contribution in [0.25, 0.3) is 0 Å². The fourth-order valence-corrected chi connectivity index (χ4v) is 3.04. The molecule has 1 fully saturated rings. The lowest BCUT2D eigenvalue weighted by molar-refractivity contribution is 0.177. The first-order valence-corrected chi connectivity index (χ1v) is 8.14. The zero-order valence-corrected chi connectivity index (χ0v) is 13.8. The molecule has 23 heavy (non-hydrogen) atoms. The van der Waals surface area contributed by atoms with E-state index in [0.717, 1.165) is 36.8 Å². The third-order valence-electron chi connectivity index (χ3n) is 4.05. The normalized spacial score (nSPS) is 18.0. The number of hydrogen-bond acceptors (Lipinski definition) is 5. The average molecular weight is 312 g/mol. The summed E-state index contributed by atoms with van der Waals surface area (Å²) < 4.78 is 5.17. The van der Waals surface area contributed by atoms with Gasteiger partial charge in [-0.2, -0.15) is 0 Å². The van der Waals surface area contributed by atoms with Gasteiger partial charge in [-0.05, 0) is 31.9 Å². The molecule has 0 aliphatic carbocycles. The van der Waals surface area contributed by atoms with Crippen molar-refractivity contribution in [1.29, 1.82) is 0 Å². The second-order valence-electron chi connectivity index (χ2n) is 6.01. The Balaban J connectivity index is 1.71. The Morgan fingerprint density at radius 2 is 2.09 bits per heavy atom. The molecule has 1 saturated heterocycles. The standard InChI is InChI=1S/C18H24N4O/c1-14-11-18(21-17(19-14)13-23-2)22-10-6-9-16(12-22)20-15-7-4-3-5-8-15/h3-5,7-8,11,16,20H,6,9-10,12-13H2,1-2H3. The van der Waals surface area contributed by atoms with Crippen molar-refractivity contribution in [3.8, 4) is 0 Å². The molecule has 1 aromatic carbocycles. The first-order valence-electron chi connectivity index (χ1n) is 8.14. The number of nitrogens with zero attached hydrogens (tertiary/aromatic N) is 3. The number of anilines is 2. The maximum Gasteiger partial charge on any atom is 0.156 e. The number of methoxy groups -OCH3 is 1. The highest BCUT2D eigenvalue weighted by atomic mass is 16.5. The van der Waals surface area contributed by atoms with Crippen LogP contribution in [0.2, 0.25) is 0 Å². The SMILES string of the molecule is COCc1nc(C)cc(N2CCCC(Nc3ccccc3)C2)n1. The number of nitrogens with one attached hydrogen (secondary N) is 1. The van der Waals surface area contributed by atoms with Gasteiger partial charge >= 0.3 is 0 Å². The first kappa shape index (κ1) is 15.7. The van der Waals surface area contributed by atoms with E-state index in [4.69, 9.17) is 4.74 Å². The van der Waals surface area contributed by atoms with Crippen LogP contribution in [0.15, 0.2) is 36.4 Å². The highest BCUT2D eigenvalue weighted by molar-refractivity contribution is 5.46. The van der Waals surface area contributed by atoms with Crippen molar-refractivity contribution in [2.24, 2.45) is 0 Å². The number of benzene rings is 1. The van der Waals surface area contributed by atoms with Crippen molar-refractivity contribution in [2.75, 3.05) is 30.4 Å². The summed E-state index contributed by atoms with van der Waals surface area (Å²) >= 11 is 0. The van der Waals surface area contributed by atoms with E-state index in [2.05, 4.69) is 50.5 Å². The van der Waals surface area contributed by atoms with Crippen LogP contribution in [0, 0.1) is 6.92 Å². The molecule has 0 spiro atoms. The minimum atomic E-state index is 0.437. The maximum absolute atomic E-state index is 5.17. The molecule has 2 aromatic rings. The van der Waals surface area contributed by atoms with Crippen LogP contribution >= 0.6 is 0 Å². The number of aromatic nitrogens is 2. The lowest BCUT2D eigenvalue weighted by Gasteiger charge is -2.34. The lowest BCUT2D eigenvalue weighted by atomic mass is 10.1. The van der Waals surface area contributed by atoms with Gasteiger partial charge in [-0.3, -0.25) is 0 Å². The van der Waals surface area contributed by atoms with Gasteiger partial charge in [-0.15, -0.1) is 0 Å². The second kappa shape index (κ2) is 7.42. The molecule has 1 atom stereocenters. The molecule has 122 valence electrons. The summed E-state index contributed by atoms with van der Waals surface area (Å²) in [6, 6.07) is 12.9. The van der Waals surface area contributed by atoms with Crippen molar-refractivity contribution < 1.29 is 4.74 Å². The molecule has 1 aromatic heterocycles. The van der Waals surface area contributed by atoms with Gasteiger partial charge < -0.3 is 15.0 Å². The number of rotatable bonds is 5. The van der Waals surface area contributed by atoms with Gasteiger partial charge in [0.25, 0.3) is 0 Å². The third kappa shape index (κ3) is 4.20. The molecule has 2 heterocycles. The monoisotopic (exact) mass is 312 g/mol. The molecule has 5 heteroatoms. The summed E-state index contributed by atoms with van der Waals surface area (Å²) in [5.74, 6) is 1.75. The molecule has 5 nitrogen and oxygen atoms in total. The Morgan fingerprint density at radius 1 is 1.26 bits per heavy atom. The molecular formula is C18H24N4O. The van der Waals surface area contributed by atoms with Crippen molar-refractivity contribution in [1.82, 2.24) is 9.97 Å². The quantitative estimate of drug-likeness (QED) is 0.920. The van der Waals surface area contributed by atoms with Gasteiger partial charge in [0, 0.05) is 43.7 Å². The topological polar surface area (TPSA) is 50.3 Å². The van der Waals surface area contributed by atoms with E-state index in [1.165, 1.54) is 12.1 Å². The summed E-state index contributed by atoms with van der Waals surface area (Å²) in [7, 11) is 1.67. The summed E-state index contributed by atoms with van der Waals surface area (Å²) in [5, 5.41) is 3.63. The summed E-state index contributed by atoms with van der Waals surface area (Å²) in [6.45, 7) is 4.45. The lowest BCUT2D eigenvalue weighted by Crippen LogP contribution is -2.42. The molecular weight excluding hydrogens is 288 g/mol. The minimum absolute atomic E-state index is 0.437. The van der Waals surface area contributed by atoms with E-state index in [9.17, 15) is 0 Å². The fourth-order valence-electron chi connectivity index (χ4n) is 3.04. The Morgan fingerprint density at radius 3 is 2.87 bits per heavy atom. The van der Waals surface area contributed by atoms with Gasteiger partial charge in [-0.25, -0.2) is 9.97 Å². The second-order valence-corrected chi connectivity index (χ2v) is 6.01. The van der Waals surface area contributed by atoms with E-state index in [0.29, 0.717) is 12.6 Å². The van der Waals surface area contributed by atoms with Crippen molar-refractivity contribution >= 4 is 11.5 Å². The molecule has 1 N–H and O–H groups in total. The van der Waals surface area contributed by atoms with E-state index in [-0.39, 0.29) is 0 Å². The largest absolute Gasteiger partial charge is 0.381 e. The third-order valence-corrected chi connectivity index (χ3v) is 4.05. The van der Waals surface area contributed by atoms with Crippen LogP contribution in [-0.2, 0) is 11.3 Å². The van der Waals surface area contributed by atoms with Crippen LogP contribution in [0.3, 0.4) is 0 Å². The number of aryl methyl sites for hydroxylation is 1. The Labute approximate surface area is 137 Å². The zero-order chi connectivity index (χ0) is 16.1. The predicted octanol–water partition coefficient (Wildman–Crippen LogP) is 3.01. The number of ether oxygens (including phenoxy) is 1. The van der Waals surface area contributed by atoms with Crippen LogP contribution in [0.5, 0.6) is 0 Å². The highest BCUT2D eigenvalue weighted by Crippen LogP contribution is 2.21. The van der Waals surface area contributed by atoms with Crippen LogP contribution in [0.1, 0.15) is 24.4 Å². The van der Waals surface area contributed by atoms with E-state index in [1.807, 2.05) is 13.0 Å². The minimum Gasteiger partial charge on any atom is -0.381 e. The van der Waals surface area contributed by atoms with E-state index >= 15 is 0 Å². The van der Waals surface area contributed by atoms with Crippen molar-refractivity contribution in [3.05, 3.63) is 47.9 Å². The fraction of sp³-hybridized carbons (Fsp3) is 0.444. The molecule has 0 amide bonds. The number of piperidine rings is 1. The molecule has 1 unspecified atom stereocenters. The van der Waals surface area contributed by atoms with E-state index in [1.54, 1.807) is 7.11 Å². The van der Waals surface area contributed by atoms with Crippen LogP contribution < -0.4 is 10.2 Å². The van der Waals surface area contributed by atoms with Crippen LogP contribution in [-0.4, -0.2) is 36.2 Å². The summed E-state index contributed by atoms with van der Waals surface area (Å²) in [6.07, 6.45) is 2.34. The van der Waals surface area contributed by atoms with Gasteiger partial charge in [0.1, 0.15) is 12.4 Å². The van der Waals surface area contributed by atoms with Crippen molar-refractivity contribution in [3.63, 3.8) is 0 Å².